The van der Waals surface area contributed by atoms with Crippen LogP contribution in [0.4, 0.5) is 0 Å². The molecule has 1 unspecified atom stereocenters. The van der Waals surface area contributed by atoms with Crippen LogP contribution in [0.2, 0.25) is 0 Å². The number of fused-ring (bicyclic) bond motifs is 6. The first-order chi connectivity index (χ1) is 30.2. The zero-order valence-corrected chi connectivity index (χ0v) is 37.0. The maximum absolute atomic E-state index is 13.3. The summed E-state index contributed by atoms with van der Waals surface area (Å²) in [5.74, 6) is -0.324. The first-order valence-corrected chi connectivity index (χ1v) is 22.4. The molecule has 7 nitrogen and oxygen atoms in total. The molecule has 0 bridgehead atoms. The zero-order valence-electron chi connectivity index (χ0n) is 37.0. The molecule has 1 fully saturated rings. The van der Waals surface area contributed by atoms with Crippen molar-refractivity contribution in [1.29, 1.82) is 0 Å². The third-order valence-electron chi connectivity index (χ3n) is 12.4. The van der Waals surface area contributed by atoms with Crippen LogP contribution in [0.5, 0.6) is 0 Å². The molecule has 8 aromatic rings. The monoisotopic (exact) mass is 823 g/mol. The average molecular weight is 824 g/mol. The van der Waals surface area contributed by atoms with Crippen LogP contribution >= 0.6 is 0 Å². The lowest BCUT2D eigenvalue weighted by Gasteiger charge is -2.15. The number of carbonyl (C=O) groups is 2. The Morgan fingerprint density at radius 3 is 2.08 bits per heavy atom. The molecule has 0 N–H and O–H groups in total. The van der Waals surface area contributed by atoms with Crippen LogP contribution in [0.1, 0.15) is 116 Å². The fourth-order valence-corrected chi connectivity index (χ4v) is 9.18. The summed E-state index contributed by atoms with van der Waals surface area (Å²) in [5, 5.41) is 9.10. The van der Waals surface area contributed by atoms with Gasteiger partial charge in [0.1, 0.15) is 5.71 Å². The molecule has 2 aromatic heterocycles. The van der Waals surface area contributed by atoms with Crippen LogP contribution in [0.15, 0.2) is 126 Å². The van der Waals surface area contributed by atoms with E-state index in [-0.39, 0.29) is 11.9 Å². The van der Waals surface area contributed by atoms with Crippen LogP contribution in [-0.4, -0.2) is 33.2 Å². The smallest absolute Gasteiger partial charge is 0.332 e. The van der Waals surface area contributed by atoms with Crippen molar-refractivity contribution in [2.75, 3.05) is 6.61 Å². The van der Waals surface area contributed by atoms with Crippen LogP contribution in [0, 0.1) is 6.92 Å². The van der Waals surface area contributed by atoms with Gasteiger partial charge in [0, 0.05) is 92.5 Å². The zero-order chi connectivity index (χ0) is 43.3. The number of para-hydroxylation sites is 1. The highest BCUT2D eigenvalue weighted by atomic mass is 16.7. The molecule has 1 atom stereocenters. The molecule has 0 amide bonds. The van der Waals surface area contributed by atoms with E-state index in [2.05, 4.69) is 146 Å². The number of hydrogen-bond acceptors (Lipinski definition) is 5. The van der Waals surface area contributed by atoms with Gasteiger partial charge in [-0.2, -0.15) is 0 Å². The molecule has 7 heteroatoms. The van der Waals surface area contributed by atoms with Gasteiger partial charge >= 0.3 is 5.97 Å². The Labute approximate surface area is 365 Å². The van der Waals surface area contributed by atoms with Gasteiger partial charge in [0.15, 0.2) is 5.78 Å². The summed E-state index contributed by atoms with van der Waals surface area (Å²) < 4.78 is 10.6. The number of benzene rings is 6. The number of hydrogen-bond donors (Lipinski definition) is 0. The second-order valence-corrected chi connectivity index (χ2v) is 16.4. The van der Waals surface area contributed by atoms with Gasteiger partial charge in [0.25, 0.3) is 0 Å². The van der Waals surface area contributed by atoms with Crippen molar-refractivity contribution in [2.24, 2.45) is 5.16 Å². The highest BCUT2D eigenvalue weighted by Crippen LogP contribution is 2.34. The number of aromatic nitrogens is 2. The van der Waals surface area contributed by atoms with Crippen molar-refractivity contribution in [3.05, 3.63) is 166 Å². The number of nitrogens with zero attached hydrogens (tertiary/aromatic N) is 3. The van der Waals surface area contributed by atoms with Gasteiger partial charge in [-0.25, -0.2) is 4.79 Å². The van der Waals surface area contributed by atoms with Crippen molar-refractivity contribution in [2.45, 2.75) is 99.3 Å². The van der Waals surface area contributed by atoms with Crippen molar-refractivity contribution in [3.8, 4) is 0 Å². The summed E-state index contributed by atoms with van der Waals surface area (Å²) in [6.07, 6.45) is 6.49. The molecule has 0 spiro atoms. The molecule has 6 aromatic carbocycles. The first kappa shape index (κ1) is 42.4. The van der Waals surface area contributed by atoms with Crippen molar-refractivity contribution >= 4 is 61.1 Å². The van der Waals surface area contributed by atoms with Gasteiger partial charge in [0.05, 0.1) is 6.10 Å². The Balaban J connectivity index is 0.000000172. The van der Waals surface area contributed by atoms with Crippen LogP contribution < -0.4 is 0 Å². The molecule has 1 aliphatic rings. The van der Waals surface area contributed by atoms with E-state index in [4.69, 9.17) is 9.57 Å². The third kappa shape index (κ3) is 8.34. The number of ketones is 1. The Morgan fingerprint density at radius 1 is 0.694 bits per heavy atom. The quantitative estimate of drug-likeness (QED) is 0.0532. The summed E-state index contributed by atoms with van der Waals surface area (Å²) in [6.45, 7) is 14.8. The predicted octanol–water partition coefficient (Wildman–Crippen LogP) is 13.2. The molecule has 1 saturated heterocycles. The molecule has 3 heterocycles. The van der Waals surface area contributed by atoms with E-state index in [1.54, 1.807) is 0 Å². The number of carbonyl (C=O) groups excluding carboxylic acids is 2. The Morgan fingerprint density at radius 2 is 1.37 bits per heavy atom. The van der Waals surface area contributed by atoms with E-state index in [0.29, 0.717) is 5.71 Å². The third-order valence-corrected chi connectivity index (χ3v) is 12.4. The van der Waals surface area contributed by atoms with Crippen LogP contribution in [0.25, 0.3) is 43.6 Å². The predicted molar refractivity (Wildman–Crippen MR) is 255 cm³/mol. The molecule has 62 heavy (non-hydrogen) atoms. The minimum atomic E-state index is -0.440. The normalized spacial score (nSPS) is 14.2. The molecule has 316 valence electrons. The largest absolute Gasteiger partial charge is 0.374 e. The minimum absolute atomic E-state index is 0.116. The molecule has 9 rings (SSSR count). The summed E-state index contributed by atoms with van der Waals surface area (Å²) in [4.78, 5) is 30.0. The maximum Gasteiger partial charge on any atom is 0.332 e. The summed E-state index contributed by atoms with van der Waals surface area (Å²) in [5.41, 5.74) is 13.7. The lowest BCUT2D eigenvalue weighted by Crippen LogP contribution is -2.09. The minimum Gasteiger partial charge on any atom is -0.374 e. The molecule has 0 saturated carbocycles. The van der Waals surface area contributed by atoms with Gasteiger partial charge < -0.3 is 18.7 Å². The fraction of sp³-hybridized carbons (Fsp3) is 0.291. The number of oxime groups is 1. The standard InChI is InChI=1S/C28H28N2O3.C27H29NO/c1-4-30-25-9-6-5-8-23(25)24-17-21(12-14-26(24)30)28(29-33-19(3)31)22-13-11-20(16-18(22)2)27-10-7-15-32-27;1-4-7-16-28-25-14-12-19(5-2)17-23(25)24-18-21(13-15-26(24)28)27(29)22-11-9-8-10-20(22)6-3/h5-6,8-9,11-14,16-17,27H,4,7,10,15H2,1-3H3;8-15,17-18H,4-7,16H2,1-3H3. The Bertz CT molecular complexity index is 2960. The summed E-state index contributed by atoms with van der Waals surface area (Å²) in [6, 6.07) is 42.1. The highest BCUT2D eigenvalue weighted by molar-refractivity contribution is 6.18. The van der Waals surface area contributed by atoms with Crippen LogP contribution in [-0.2, 0) is 40.3 Å². The molecule has 0 aliphatic carbocycles. The van der Waals surface area contributed by atoms with Crippen LogP contribution in [0.3, 0.4) is 0 Å². The van der Waals surface area contributed by atoms with E-state index in [0.717, 1.165) is 90.6 Å². The van der Waals surface area contributed by atoms with E-state index < -0.39 is 5.97 Å². The summed E-state index contributed by atoms with van der Waals surface area (Å²) in [7, 11) is 0. The Kier molecular flexibility index (Phi) is 12.8. The molecular formula is C55H57N3O4. The topological polar surface area (TPSA) is 74.8 Å². The van der Waals surface area contributed by atoms with Crippen molar-refractivity contribution < 1.29 is 19.2 Å². The summed E-state index contributed by atoms with van der Waals surface area (Å²) >= 11 is 0. The Hall–Kier alpha value is -6.31. The first-order valence-electron chi connectivity index (χ1n) is 22.4. The maximum atomic E-state index is 13.3. The molecule has 1 aliphatic heterocycles. The average Bonchev–Trinajstić information content (AvgIpc) is 4.04. The van der Waals surface area contributed by atoms with Gasteiger partial charge in [-0.3, -0.25) is 4.79 Å². The molecule has 0 radical (unpaired) electrons. The number of ether oxygens (including phenoxy) is 1. The lowest BCUT2D eigenvalue weighted by molar-refractivity contribution is -0.140. The van der Waals surface area contributed by atoms with Gasteiger partial charge in [-0.05, 0) is 117 Å². The van der Waals surface area contributed by atoms with Gasteiger partial charge in [-0.15, -0.1) is 0 Å². The van der Waals surface area contributed by atoms with Gasteiger partial charge in [0.2, 0.25) is 0 Å². The second-order valence-electron chi connectivity index (χ2n) is 16.4. The van der Waals surface area contributed by atoms with E-state index >= 15 is 0 Å². The fourth-order valence-electron chi connectivity index (χ4n) is 9.18. The lowest BCUT2D eigenvalue weighted by atomic mass is 9.94. The number of aryl methyl sites for hydroxylation is 5. The highest BCUT2D eigenvalue weighted by Gasteiger charge is 2.21. The van der Waals surface area contributed by atoms with E-state index in [9.17, 15) is 9.59 Å². The van der Waals surface area contributed by atoms with Gasteiger partial charge in [-0.1, -0.05) is 105 Å². The SMILES string of the molecule is CCCCn1c2ccc(CC)cc2c2cc(C(=O)c3ccccc3CC)ccc21.CCn1c2ccccc2c2cc(C(=NOC(C)=O)c3ccc(C4CCCO4)cc3C)ccc21. The molecular weight excluding hydrogens is 767 g/mol. The van der Waals surface area contributed by atoms with Crippen molar-refractivity contribution in [3.63, 3.8) is 0 Å². The van der Waals surface area contributed by atoms with Crippen molar-refractivity contribution in [1.82, 2.24) is 9.13 Å². The second kappa shape index (κ2) is 18.8. The van der Waals surface area contributed by atoms with E-state index in [1.165, 1.54) is 62.7 Å². The van der Waals surface area contributed by atoms with E-state index in [1.807, 2.05) is 24.3 Å². The number of unbranched alkanes of at least 4 members (excludes halogenated alkanes) is 1. The number of rotatable bonds is 12.